The number of anilines is 3. The largest absolute Gasteiger partial charge is 0.340 e. The van der Waals surface area contributed by atoms with Crippen LogP contribution >= 0.6 is 0 Å². The maximum absolute atomic E-state index is 11.6. The Morgan fingerprint density at radius 3 is 2.56 bits per heavy atom. The Kier molecular flexibility index (Phi) is 5.81. The topological polar surface area (TPSA) is 58.1 Å². The van der Waals surface area contributed by atoms with Crippen LogP contribution in [0.15, 0.2) is 66.9 Å². The van der Waals surface area contributed by atoms with E-state index in [0.717, 1.165) is 12.2 Å². The third-order valence-electron chi connectivity index (χ3n) is 4.26. The zero-order valence-electron chi connectivity index (χ0n) is 15.9. The first-order valence-electron chi connectivity index (χ1n) is 9.04. The first kappa shape index (κ1) is 18.6. The first-order chi connectivity index (χ1) is 13.0. The SMILES string of the molecule is CC(=O)c1cccc(Nc2ccnc(N(Cc3ccccc3)C(C)C)n2)c1. The second-order valence-corrected chi connectivity index (χ2v) is 6.71. The maximum Gasteiger partial charge on any atom is 0.227 e. The van der Waals surface area contributed by atoms with Crippen molar-refractivity contribution in [3.63, 3.8) is 0 Å². The molecular weight excluding hydrogens is 336 g/mol. The molecule has 0 aliphatic carbocycles. The van der Waals surface area contributed by atoms with E-state index in [4.69, 9.17) is 0 Å². The summed E-state index contributed by atoms with van der Waals surface area (Å²) in [6.45, 7) is 6.55. The van der Waals surface area contributed by atoms with E-state index in [9.17, 15) is 4.79 Å². The fraction of sp³-hybridized carbons (Fsp3) is 0.227. The molecule has 27 heavy (non-hydrogen) atoms. The van der Waals surface area contributed by atoms with Crippen LogP contribution in [0.2, 0.25) is 0 Å². The lowest BCUT2D eigenvalue weighted by atomic mass is 10.1. The molecular formula is C22H24N4O. The zero-order valence-corrected chi connectivity index (χ0v) is 15.9. The van der Waals surface area contributed by atoms with Gasteiger partial charge in [-0.1, -0.05) is 42.5 Å². The van der Waals surface area contributed by atoms with Gasteiger partial charge in [-0.15, -0.1) is 0 Å². The van der Waals surface area contributed by atoms with E-state index in [1.165, 1.54) is 5.56 Å². The van der Waals surface area contributed by atoms with Gasteiger partial charge >= 0.3 is 0 Å². The monoisotopic (exact) mass is 360 g/mol. The summed E-state index contributed by atoms with van der Waals surface area (Å²) in [5.74, 6) is 1.40. The van der Waals surface area contributed by atoms with Crippen LogP contribution in [0.25, 0.3) is 0 Å². The van der Waals surface area contributed by atoms with Gasteiger partial charge in [0.25, 0.3) is 0 Å². The molecule has 0 aliphatic heterocycles. The molecule has 3 rings (SSSR count). The molecule has 1 heterocycles. The summed E-state index contributed by atoms with van der Waals surface area (Å²) >= 11 is 0. The van der Waals surface area contributed by atoms with Gasteiger partial charge in [0.1, 0.15) is 5.82 Å². The number of nitrogens with zero attached hydrogens (tertiary/aromatic N) is 3. The molecule has 138 valence electrons. The second kappa shape index (κ2) is 8.45. The summed E-state index contributed by atoms with van der Waals surface area (Å²) < 4.78 is 0. The average Bonchev–Trinajstić information content (AvgIpc) is 2.67. The molecule has 2 aromatic carbocycles. The lowest BCUT2D eigenvalue weighted by Gasteiger charge is -2.27. The number of carbonyl (C=O) groups excluding carboxylic acids is 1. The van der Waals surface area contributed by atoms with Crippen LogP contribution < -0.4 is 10.2 Å². The quantitative estimate of drug-likeness (QED) is 0.611. The Hall–Kier alpha value is -3.21. The van der Waals surface area contributed by atoms with Crippen LogP contribution in [-0.2, 0) is 6.54 Å². The Labute approximate surface area is 160 Å². The van der Waals surface area contributed by atoms with Crippen LogP contribution in [0.5, 0.6) is 0 Å². The Bertz CT molecular complexity index is 909. The molecule has 0 aliphatic rings. The number of hydrogen-bond acceptors (Lipinski definition) is 5. The van der Waals surface area contributed by atoms with Crippen LogP contribution in [0.3, 0.4) is 0 Å². The molecule has 0 atom stereocenters. The van der Waals surface area contributed by atoms with Crippen molar-refractivity contribution >= 4 is 23.2 Å². The van der Waals surface area contributed by atoms with Crippen LogP contribution in [0.4, 0.5) is 17.5 Å². The van der Waals surface area contributed by atoms with Crippen molar-refractivity contribution in [1.29, 1.82) is 0 Å². The van der Waals surface area contributed by atoms with Crippen molar-refractivity contribution in [3.05, 3.63) is 78.0 Å². The molecule has 5 nitrogen and oxygen atoms in total. The highest BCUT2D eigenvalue weighted by atomic mass is 16.1. The van der Waals surface area contributed by atoms with Gasteiger partial charge in [-0.2, -0.15) is 4.98 Å². The van der Waals surface area contributed by atoms with Crippen molar-refractivity contribution in [2.75, 3.05) is 10.2 Å². The third kappa shape index (κ3) is 4.91. The normalized spacial score (nSPS) is 10.7. The van der Waals surface area contributed by atoms with E-state index in [2.05, 4.69) is 46.2 Å². The number of benzene rings is 2. The highest BCUT2D eigenvalue weighted by Crippen LogP contribution is 2.20. The lowest BCUT2D eigenvalue weighted by molar-refractivity contribution is 0.101. The van der Waals surface area contributed by atoms with Gasteiger partial charge in [-0.3, -0.25) is 4.79 Å². The predicted octanol–water partition coefficient (Wildman–Crippen LogP) is 4.84. The Morgan fingerprint density at radius 1 is 1.07 bits per heavy atom. The summed E-state index contributed by atoms with van der Waals surface area (Å²) in [7, 11) is 0. The molecule has 0 saturated carbocycles. The van der Waals surface area contributed by atoms with E-state index in [-0.39, 0.29) is 11.8 Å². The highest BCUT2D eigenvalue weighted by molar-refractivity contribution is 5.95. The summed E-state index contributed by atoms with van der Waals surface area (Å²) in [6, 6.07) is 19.8. The van der Waals surface area contributed by atoms with Gasteiger partial charge < -0.3 is 10.2 Å². The molecule has 5 heteroatoms. The number of ketones is 1. The Balaban J connectivity index is 1.83. The minimum atomic E-state index is 0.0378. The molecule has 1 N–H and O–H groups in total. The molecule has 1 aromatic heterocycles. The van der Waals surface area contributed by atoms with Crippen molar-refractivity contribution in [3.8, 4) is 0 Å². The van der Waals surface area contributed by atoms with Crippen LogP contribution in [-0.4, -0.2) is 21.8 Å². The molecule has 0 spiro atoms. The summed E-state index contributed by atoms with van der Waals surface area (Å²) in [4.78, 5) is 22.9. The number of carbonyl (C=O) groups is 1. The van der Waals surface area contributed by atoms with Crippen LogP contribution in [0.1, 0.15) is 36.7 Å². The van der Waals surface area contributed by atoms with Crippen molar-refractivity contribution in [2.45, 2.75) is 33.4 Å². The summed E-state index contributed by atoms with van der Waals surface area (Å²) in [5.41, 5.74) is 2.70. The molecule has 3 aromatic rings. The number of hydrogen-bond donors (Lipinski definition) is 1. The molecule has 0 saturated heterocycles. The number of aromatic nitrogens is 2. The lowest BCUT2D eigenvalue weighted by Crippen LogP contribution is -2.31. The minimum absolute atomic E-state index is 0.0378. The molecule has 0 fully saturated rings. The minimum Gasteiger partial charge on any atom is -0.340 e. The van der Waals surface area contributed by atoms with Crippen molar-refractivity contribution in [1.82, 2.24) is 9.97 Å². The standard InChI is InChI=1S/C22H24N4O/c1-16(2)26(15-18-8-5-4-6-9-18)22-23-13-12-21(25-22)24-20-11-7-10-19(14-20)17(3)27/h4-14,16H,15H2,1-3H3,(H,23,24,25). The average molecular weight is 360 g/mol. The van der Waals surface area contributed by atoms with Gasteiger partial charge in [-0.25, -0.2) is 4.98 Å². The number of rotatable bonds is 7. The van der Waals surface area contributed by atoms with Gasteiger partial charge in [0.05, 0.1) is 0 Å². The van der Waals surface area contributed by atoms with Crippen LogP contribution in [0, 0.1) is 0 Å². The molecule has 0 radical (unpaired) electrons. The molecule has 0 amide bonds. The fourth-order valence-electron chi connectivity index (χ4n) is 2.78. The maximum atomic E-state index is 11.6. The van der Waals surface area contributed by atoms with E-state index in [1.807, 2.05) is 42.5 Å². The van der Waals surface area contributed by atoms with Gasteiger partial charge in [0.2, 0.25) is 5.95 Å². The van der Waals surface area contributed by atoms with E-state index < -0.39 is 0 Å². The van der Waals surface area contributed by atoms with Gasteiger partial charge in [-0.05, 0) is 44.5 Å². The van der Waals surface area contributed by atoms with Crippen molar-refractivity contribution in [2.24, 2.45) is 0 Å². The van der Waals surface area contributed by atoms with E-state index in [1.54, 1.807) is 19.2 Å². The summed E-state index contributed by atoms with van der Waals surface area (Å²) in [5, 5.41) is 3.27. The summed E-state index contributed by atoms with van der Waals surface area (Å²) in [6.07, 6.45) is 1.75. The number of Topliss-reactive ketones (excluding diaryl/α,β-unsaturated/α-hetero) is 1. The van der Waals surface area contributed by atoms with Crippen molar-refractivity contribution < 1.29 is 4.79 Å². The smallest absolute Gasteiger partial charge is 0.227 e. The fourth-order valence-corrected chi connectivity index (χ4v) is 2.78. The first-order valence-corrected chi connectivity index (χ1v) is 9.04. The molecule has 0 unspecified atom stereocenters. The molecule has 0 bridgehead atoms. The number of nitrogens with one attached hydrogen (secondary N) is 1. The van der Waals surface area contributed by atoms with E-state index in [0.29, 0.717) is 17.3 Å². The Morgan fingerprint density at radius 2 is 1.85 bits per heavy atom. The highest BCUT2D eigenvalue weighted by Gasteiger charge is 2.14. The van der Waals surface area contributed by atoms with E-state index >= 15 is 0 Å². The second-order valence-electron chi connectivity index (χ2n) is 6.71. The predicted molar refractivity (Wildman–Crippen MR) is 110 cm³/mol. The zero-order chi connectivity index (χ0) is 19.2. The van der Waals surface area contributed by atoms with Gasteiger partial charge in [0, 0.05) is 30.0 Å². The van der Waals surface area contributed by atoms with Gasteiger partial charge in [0.15, 0.2) is 5.78 Å². The third-order valence-corrected chi connectivity index (χ3v) is 4.26.